The van der Waals surface area contributed by atoms with Gasteiger partial charge in [-0.3, -0.25) is 4.79 Å². The number of fused-ring (bicyclic) bond motifs is 1. The van der Waals surface area contributed by atoms with Crippen molar-refractivity contribution >= 4 is 35.2 Å². The van der Waals surface area contributed by atoms with Gasteiger partial charge in [0.1, 0.15) is 19.0 Å². The molecule has 27 heavy (non-hydrogen) atoms. The Morgan fingerprint density at radius 1 is 1.15 bits per heavy atom. The van der Waals surface area contributed by atoms with Gasteiger partial charge in [-0.25, -0.2) is 9.18 Å². The Bertz CT molecular complexity index is 900. The van der Waals surface area contributed by atoms with E-state index in [-0.39, 0.29) is 5.02 Å². The number of hydrogen-bond acceptors (Lipinski definition) is 5. The van der Waals surface area contributed by atoms with Crippen LogP contribution in [0.2, 0.25) is 5.02 Å². The maximum atomic E-state index is 13.1. The number of ether oxygens (including phenoxy) is 3. The molecule has 0 saturated heterocycles. The molecule has 0 atom stereocenters. The summed E-state index contributed by atoms with van der Waals surface area (Å²) in [6.07, 6.45) is 2.54. The number of halogens is 2. The zero-order chi connectivity index (χ0) is 19.2. The molecule has 140 valence electrons. The van der Waals surface area contributed by atoms with Crippen LogP contribution < -0.4 is 14.8 Å². The second-order valence-corrected chi connectivity index (χ2v) is 5.93. The first kappa shape index (κ1) is 18.7. The van der Waals surface area contributed by atoms with Crippen molar-refractivity contribution in [2.75, 3.05) is 25.1 Å². The zero-order valence-electron chi connectivity index (χ0n) is 14.0. The molecule has 3 rings (SSSR count). The number of carbonyl (C=O) groups is 2. The average Bonchev–Trinajstić information content (AvgIpc) is 2.67. The van der Waals surface area contributed by atoms with E-state index in [4.69, 9.17) is 25.8 Å². The first-order valence-electron chi connectivity index (χ1n) is 8.00. The molecule has 0 fully saturated rings. The van der Waals surface area contributed by atoms with E-state index in [0.29, 0.717) is 36.0 Å². The fourth-order valence-electron chi connectivity index (χ4n) is 2.28. The lowest BCUT2D eigenvalue weighted by molar-refractivity contribution is -0.142. The van der Waals surface area contributed by atoms with Crippen LogP contribution in [0.4, 0.5) is 10.1 Å². The van der Waals surface area contributed by atoms with Crippen molar-refractivity contribution in [1.82, 2.24) is 0 Å². The molecule has 0 bridgehead atoms. The third-order valence-electron chi connectivity index (χ3n) is 3.53. The normalized spacial score (nSPS) is 12.7. The van der Waals surface area contributed by atoms with Crippen molar-refractivity contribution in [3.8, 4) is 11.5 Å². The maximum Gasteiger partial charge on any atom is 0.331 e. The van der Waals surface area contributed by atoms with Gasteiger partial charge in [0.2, 0.25) is 0 Å². The minimum atomic E-state index is -0.715. The summed E-state index contributed by atoms with van der Waals surface area (Å²) in [5.74, 6) is -0.619. The SMILES string of the molecule is O=C(COC(=O)/C=C/c1ccc(F)c(Cl)c1)Nc1ccc2c(c1)OCCO2. The monoisotopic (exact) mass is 391 g/mol. The Labute approximate surface area is 159 Å². The number of carbonyl (C=O) groups excluding carboxylic acids is 2. The molecule has 0 aromatic heterocycles. The fourth-order valence-corrected chi connectivity index (χ4v) is 2.47. The van der Waals surface area contributed by atoms with Gasteiger partial charge in [-0.05, 0) is 35.9 Å². The van der Waals surface area contributed by atoms with Gasteiger partial charge in [0.15, 0.2) is 18.1 Å². The van der Waals surface area contributed by atoms with Crippen LogP contribution in [-0.2, 0) is 14.3 Å². The Hall–Kier alpha value is -3.06. The van der Waals surface area contributed by atoms with Crippen LogP contribution in [0.1, 0.15) is 5.56 Å². The summed E-state index contributed by atoms with van der Waals surface area (Å²) in [4.78, 5) is 23.6. The van der Waals surface area contributed by atoms with Crippen LogP contribution >= 0.6 is 11.6 Å². The van der Waals surface area contributed by atoms with Gasteiger partial charge in [-0.15, -0.1) is 0 Å². The lowest BCUT2D eigenvalue weighted by Crippen LogP contribution is -2.20. The highest BCUT2D eigenvalue weighted by Gasteiger charge is 2.13. The number of amides is 1. The van der Waals surface area contributed by atoms with Crippen LogP contribution in [0.5, 0.6) is 11.5 Å². The predicted molar refractivity (Wildman–Crippen MR) is 97.5 cm³/mol. The van der Waals surface area contributed by atoms with Gasteiger partial charge >= 0.3 is 5.97 Å². The highest BCUT2D eigenvalue weighted by atomic mass is 35.5. The van der Waals surface area contributed by atoms with Crippen molar-refractivity contribution in [2.24, 2.45) is 0 Å². The van der Waals surface area contributed by atoms with E-state index in [9.17, 15) is 14.0 Å². The van der Waals surface area contributed by atoms with Gasteiger partial charge in [-0.1, -0.05) is 17.7 Å². The van der Waals surface area contributed by atoms with Crippen LogP contribution in [0.15, 0.2) is 42.5 Å². The summed E-state index contributed by atoms with van der Waals surface area (Å²) >= 11 is 5.66. The predicted octanol–water partition coefficient (Wildman–Crippen LogP) is 3.45. The van der Waals surface area contributed by atoms with Crippen LogP contribution in [0.25, 0.3) is 6.08 Å². The molecule has 0 aliphatic carbocycles. The summed E-state index contributed by atoms with van der Waals surface area (Å²) < 4.78 is 28.8. The zero-order valence-corrected chi connectivity index (χ0v) is 14.8. The summed E-state index contributed by atoms with van der Waals surface area (Å²) in [6, 6.07) is 8.99. The van der Waals surface area contributed by atoms with Crippen molar-refractivity contribution in [1.29, 1.82) is 0 Å². The summed E-state index contributed by atoms with van der Waals surface area (Å²) in [5, 5.41) is 2.55. The Morgan fingerprint density at radius 2 is 1.93 bits per heavy atom. The molecule has 1 aliphatic rings. The molecule has 2 aromatic carbocycles. The van der Waals surface area contributed by atoms with Gasteiger partial charge in [-0.2, -0.15) is 0 Å². The van der Waals surface area contributed by atoms with E-state index in [1.165, 1.54) is 24.3 Å². The second-order valence-electron chi connectivity index (χ2n) is 5.52. The lowest BCUT2D eigenvalue weighted by Gasteiger charge is -2.18. The number of rotatable bonds is 5. The first-order chi connectivity index (χ1) is 13.0. The van der Waals surface area contributed by atoms with Crippen molar-refractivity contribution < 1.29 is 28.2 Å². The molecule has 6 nitrogen and oxygen atoms in total. The van der Waals surface area contributed by atoms with Gasteiger partial charge in [0.05, 0.1) is 5.02 Å². The third-order valence-corrected chi connectivity index (χ3v) is 3.82. The molecule has 2 aromatic rings. The van der Waals surface area contributed by atoms with E-state index in [0.717, 1.165) is 6.08 Å². The third kappa shape index (κ3) is 5.21. The molecule has 8 heteroatoms. The lowest BCUT2D eigenvalue weighted by atomic mass is 10.2. The molecular weight excluding hydrogens is 377 g/mol. The summed E-state index contributed by atoms with van der Waals surface area (Å²) in [5.41, 5.74) is 1.02. The second kappa shape index (κ2) is 8.55. The van der Waals surface area contributed by atoms with E-state index in [1.54, 1.807) is 18.2 Å². The quantitative estimate of drug-likeness (QED) is 0.624. The molecular formula is C19H15ClFNO5. The van der Waals surface area contributed by atoms with E-state index < -0.39 is 24.3 Å². The van der Waals surface area contributed by atoms with E-state index in [1.807, 2.05) is 0 Å². The smallest absolute Gasteiger partial charge is 0.331 e. The highest BCUT2D eigenvalue weighted by molar-refractivity contribution is 6.30. The molecule has 1 amide bonds. The number of benzene rings is 2. The fraction of sp³-hybridized carbons (Fsp3) is 0.158. The number of esters is 1. The van der Waals surface area contributed by atoms with Crippen LogP contribution in [0.3, 0.4) is 0 Å². The minimum absolute atomic E-state index is 0.0516. The molecule has 1 N–H and O–H groups in total. The summed E-state index contributed by atoms with van der Waals surface area (Å²) in [6.45, 7) is 0.460. The maximum absolute atomic E-state index is 13.1. The standard InChI is InChI=1S/C19H15ClFNO5/c20-14-9-12(1-4-15(14)21)2-6-19(24)27-11-18(23)22-13-3-5-16-17(10-13)26-8-7-25-16/h1-6,9-10H,7-8,11H2,(H,22,23)/b6-2+. The van der Waals surface area contributed by atoms with Crippen molar-refractivity contribution in [2.45, 2.75) is 0 Å². The van der Waals surface area contributed by atoms with Crippen LogP contribution in [-0.4, -0.2) is 31.7 Å². The summed E-state index contributed by atoms with van der Waals surface area (Å²) in [7, 11) is 0. The van der Waals surface area contributed by atoms with Crippen LogP contribution in [0, 0.1) is 5.82 Å². The minimum Gasteiger partial charge on any atom is -0.486 e. The van der Waals surface area contributed by atoms with Crippen molar-refractivity contribution in [3.05, 3.63) is 58.9 Å². The van der Waals surface area contributed by atoms with Gasteiger partial charge in [0.25, 0.3) is 5.91 Å². The Balaban J connectivity index is 1.49. The Kier molecular flexibility index (Phi) is 5.93. The van der Waals surface area contributed by atoms with Crippen molar-refractivity contribution in [3.63, 3.8) is 0 Å². The highest BCUT2D eigenvalue weighted by Crippen LogP contribution is 2.32. The molecule has 0 unspecified atom stereocenters. The Morgan fingerprint density at radius 3 is 2.70 bits per heavy atom. The molecule has 0 spiro atoms. The number of nitrogens with one attached hydrogen (secondary N) is 1. The number of hydrogen-bond donors (Lipinski definition) is 1. The molecule has 0 saturated carbocycles. The molecule has 0 radical (unpaired) electrons. The molecule has 1 aliphatic heterocycles. The van der Waals surface area contributed by atoms with Gasteiger partial charge in [0, 0.05) is 17.8 Å². The average molecular weight is 392 g/mol. The first-order valence-corrected chi connectivity index (χ1v) is 8.38. The van der Waals surface area contributed by atoms with E-state index >= 15 is 0 Å². The molecule has 1 heterocycles. The topological polar surface area (TPSA) is 73.9 Å². The number of anilines is 1. The largest absolute Gasteiger partial charge is 0.486 e. The van der Waals surface area contributed by atoms with Gasteiger partial charge < -0.3 is 19.5 Å². The van der Waals surface area contributed by atoms with E-state index in [2.05, 4.69) is 5.32 Å².